The van der Waals surface area contributed by atoms with Crippen LogP contribution < -0.4 is 0 Å². The number of amides is 1. The van der Waals surface area contributed by atoms with Gasteiger partial charge in [-0.1, -0.05) is 0 Å². The molecule has 2 aromatic rings. The van der Waals surface area contributed by atoms with E-state index in [1.807, 2.05) is 5.38 Å². The van der Waals surface area contributed by atoms with Crippen LogP contribution in [0.1, 0.15) is 32.6 Å². The van der Waals surface area contributed by atoms with Crippen molar-refractivity contribution < 1.29 is 19.1 Å². The van der Waals surface area contributed by atoms with E-state index in [1.165, 1.54) is 11.2 Å². The van der Waals surface area contributed by atoms with E-state index in [4.69, 9.17) is 4.42 Å². The second-order valence-electron chi connectivity index (χ2n) is 4.68. The Morgan fingerprint density at radius 3 is 2.90 bits per heavy atom. The van der Waals surface area contributed by atoms with E-state index in [0.717, 1.165) is 10.4 Å². The molecular weight excluding hydrogens is 278 g/mol. The van der Waals surface area contributed by atoms with Gasteiger partial charge in [0, 0.05) is 11.4 Å². The summed E-state index contributed by atoms with van der Waals surface area (Å²) in [6.07, 6.45) is 2.14. The molecule has 1 aliphatic heterocycles. The molecule has 0 aliphatic carbocycles. The third-order valence-electron chi connectivity index (χ3n) is 3.55. The van der Waals surface area contributed by atoms with E-state index in [9.17, 15) is 14.7 Å². The first-order valence-electron chi connectivity index (χ1n) is 6.23. The third-order valence-corrected chi connectivity index (χ3v) is 4.55. The minimum absolute atomic E-state index is 0.291. The minimum atomic E-state index is -1.00. The lowest BCUT2D eigenvalue weighted by Crippen LogP contribution is -2.43. The number of rotatable bonds is 2. The molecular formula is C14H13NO4S. The van der Waals surface area contributed by atoms with Gasteiger partial charge in [0.2, 0.25) is 0 Å². The molecule has 5 nitrogen and oxygen atoms in total. The number of hydrogen-bond acceptors (Lipinski definition) is 4. The minimum Gasteiger partial charge on any atom is -0.479 e. The number of carboxylic acids is 1. The molecule has 20 heavy (non-hydrogen) atoms. The highest BCUT2D eigenvalue weighted by Gasteiger charge is 2.37. The Balaban J connectivity index is 2.00. The van der Waals surface area contributed by atoms with Crippen LogP contribution in [0.4, 0.5) is 0 Å². The van der Waals surface area contributed by atoms with Crippen LogP contribution in [0.15, 0.2) is 28.2 Å². The number of carbonyl (C=O) groups excluding carboxylic acids is 1. The maximum absolute atomic E-state index is 12.5. The first-order valence-corrected chi connectivity index (χ1v) is 7.11. The Bertz CT molecular complexity index is 672. The number of aliphatic carboxylic acids is 1. The summed E-state index contributed by atoms with van der Waals surface area (Å²) in [5.41, 5.74) is 1.15. The monoisotopic (exact) mass is 291 g/mol. The van der Waals surface area contributed by atoms with Crippen LogP contribution >= 0.6 is 11.3 Å². The van der Waals surface area contributed by atoms with E-state index in [2.05, 4.69) is 0 Å². The Hall–Kier alpha value is -2.08. The zero-order valence-corrected chi connectivity index (χ0v) is 11.6. The van der Waals surface area contributed by atoms with Crippen molar-refractivity contribution in [1.29, 1.82) is 0 Å². The smallest absolute Gasteiger partial charge is 0.331 e. The molecule has 0 aromatic carbocycles. The number of carboxylic acid groups (broad SMARTS) is 1. The first-order chi connectivity index (χ1) is 9.59. The average Bonchev–Trinajstić information content (AvgIpc) is 3.04. The Kier molecular flexibility index (Phi) is 3.10. The predicted octanol–water partition coefficient (Wildman–Crippen LogP) is 2.47. The Morgan fingerprint density at radius 1 is 1.45 bits per heavy atom. The topological polar surface area (TPSA) is 70.8 Å². The van der Waals surface area contributed by atoms with Crippen molar-refractivity contribution in [2.45, 2.75) is 19.4 Å². The van der Waals surface area contributed by atoms with Crippen LogP contribution in [0.2, 0.25) is 0 Å². The molecule has 1 N–H and O–H groups in total. The zero-order valence-electron chi connectivity index (χ0n) is 10.8. The summed E-state index contributed by atoms with van der Waals surface area (Å²) in [7, 11) is 0. The Labute approximate surface area is 119 Å². The molecule has 1 unspecified atom stereocenters. The molecule has 0 bridgehead atoms. The summed E-state index contributed by atoms with van der Waals surface area (Å²) in [5.74, 6) is -0.783. The normalized spacial score (nSPS) is 17.9. The van der Waals surface area contributed by atoms with Crippen LogP contribution in [0.25, 0.3) is 0 Å². The Morgan fingerprint density at radius 2 is 2.25 bits per heavy atom. The number of fused-ring (bicyclic) bond motifs is 1. The molecule has 3 heterocycles. The van der Waals surface area contributed by atoms with Crippen molar-refractivity contribution in [3.05, 3.63) is 45.5 Å². The lowest BCUT2D eigenvalue weighted by atomic mass is 9.99. The van der Waals surface area contributed by atoms with Crippen LogP contribution in [0.3, 0.4) is 0 Å². The van der Waals surface area contributed by atoms with Gasteiger partial charge >= 0.3 is 5.97 Å². The molecule has 2 aromatic heterocycles. The SMILES string of the molecule is Cc1occc1C(=O)N1CCc2sccc2C1C(=O)O. The molecule has 104 valence electrons. The molecule has 3 rings (SSSR count). The highest BCUT2D eigenvalue weighted by atomic mass is 32.1. The predicted molar refractivity (Wildman–Crippen MR) is 72.9 cm³/mol. The molecule has 1 amide bonds. The maximum Gasteiger partial charge on any atom is 0.331 e. The van der Waals surface area contributed by atoms with Gasteiger partial charge in [0.05, 0.1) is 11.8 Å². The second-order valence-corrected chi connectivity index (χ2v) is 5.68. The fourth-order valence-electron chi connectivity index (χ4n) is 2.56. The van der Waals surface area contributed by atoms with Crippen molar-refractivity contribution in [2.24, 2.45) is 0 Å². The van der Waals surface area contributed by atoms with E-state index in [-0.39, 0.29) is 5.91 Å². The van der Waals surface area contributed by atoms with E-state index in [0.29, 0.717) is 24.3 Å². The quantitative estimate of drug-likeness (QED) is 0.922. The number of hydrogen-bond donors (Lipinski definition) is 1. The zero-order chi connectivity index (χ0) is 14.3. The second kappa shape index (κ2) is 4.79. The van der Waals surface area contributed by atoms with Crippen LogP contribution in [-0.4, -0.2) is 28.4 Å². The lowest BCUT2D eigenvalue weighted by Gasteiger charge is -2.33. The van der Waals surface area contributed by atoms with Gasteiger partial charge in [0.15, 0.2) is 6.04 Å². The molecule has 1 aliphatic rings. The van der Waals surface area contributed by atoms with Crippen molar-refractivity contribution >= 4 is 23.2 Å². The standard InChI is InChI=1S/C14H13NO4S/c1-8-9(3-6-19-8)13(16)15-5-2-11-10(4-7-20-11)12(15)14(17)18/h3-4,6-7,12H,2,5H2,1H3,(H,17,18). The van der Waals surface area contributed by atoms with Gasteiger partial charge in [-0.3, -0.25) is 4.79 Å². The molecule has 0 radical (unpaired) electrons. The summed E-state index contributed by atoms with van der Waals surface area (Å²) in [5, 5.41) is 11.3. The maximum atomic E-state index is 12.5. The summed E-state index contributed by atoms with van der Waals surface area (Å²) in [4.78, 5) is 26.6. The first kappa shape index (κ1) is 12.9. The largest absolute Gasteiger partial charge is 0.479 e. The van der Waals surface area contributed by atoms with Crippen molar-refractivity contribution in [3.63, 3.8) is 0 Å². The van der Waals surface area contributed by atoms with Crippen LogP contribution in [0.5, 0.6) is 0 Å². The number of furan rings is 1. The average molecular weight is 291 g/mol. The van der Waals surface area contributed by atoms with Crippen molar-refractivity contribution in [1.82, 2.24) is 4.90 Å². The number of aryl methyl sites for hydroxylation is 1. The molecule has 0 saturated heterocycles. The van der Waals surface area contributed by atoms with Gasteiger partial charge in [-0.25, -0.2) is 4.79 Å². The van der Waals surface area contributed by atoms with Gasteiger partial charge in [0.25, 0.3) is 5.91 Å². The van der Waals surface area contributed by atoms with Gasteiger partial charge in [-0.15, -0.1) is 11.3 Å². The fourth-order valence-corrected chi connectivity index (χ4v) is 3.47. The summed E-state index contributed by atoms with van der Waals surface area (Å²) < 4.78 is 5.13. The molecule has 0 saturated carbocycles. The molecule has 6 heteroatoms. The summed E-state index contributed by atoms with van der Waals surface area (Å²) in [6, 6.07) is 2.46. The summed E-state index contributed by atoms with van der Waals surface area (Å²) in [6.45, 7) is 2.11. The number of carbonyl (C=O) groups is 2. The molecule has 0 spiro atoms. The van der Waals surface area contributed by atoms with Gasteiger partial charge in [-0.2, -0.15) is 0 Å². The van der Waals surface area contributed by atoms with Gasteiger partial charge < -0.3 is 14.4 Å². The van der Waals surface area contributed by atoms with Crippen molar-refractivity contribution in [3.8, 4) is 0 Å². The van der Waals surface area contributed by atoms with Crippen LogP contribution in [-0.2, 0) is 11.2 Å². The van der Waals surface area contributed by atoms with Gasteiger partial charge in [0.1, 0.15) is 5.76 Å². The third kappa shape index (κ3) is 1.92. The highest BCUT2D eigenvalue weighted by Crippen LogP contribution is 2.34. The molecule has 0 fully saturated rings. The van der Waals surface area contributed by atoms with Crippen molar-refractivity contribution in [2.75, 3.05) is 6.54 Å². The van der Waals surface area contributed by atoms with Gasteiger partial charge in [-0.05, 0) is 36.4 Å². The number of thiophene rings is 1. The molecule has 1 atom stereocenters. The van der Waals surface area contributed by atoms with Crippen LogP contribution in [0, 0.1) is 6.92 Å². The summed E-state index contributed by atoms with van der Waals surface area (Å²) >= 11 is 1.54. The number of nitrogens with zero attached hydrogens (tertiary/aromatic N) is 1. The van der Waals surface area contributed by atoms with E-state index in [1.54, 1.807) is 30.4 Å². The van der Waals surface area contributed by atoms with E-state index < -0.39 is 12.0 Å². The fraction of sp³-hybridized carbons (Fsp3) is 0.286. The highest BCUT2D eigenvalue weighted by molar-refractivity contribution is 7.10. The van der Waals surface area contributed by atoms with E-state index >= 15 is 0 Å². The lowest BCUT2D eigenvalue weighted by molar-refractivity contribution is -0.142.